The number of carbonyl (C=O) groups is 1. The van der Waals surface area contributed by atoms with Crippen LogP contribution in [-0.4, -0.2) is 10.8 Å². The molecule has 2 rings (SSSR count). The molecule has 0 amide bonds. The van der Waals surface area contributed by atoms with Crippen molar-refractivity contribution in [1.82, 2.24) is 4.98 Å². The summed E-state index contributed by atoms with van der Waals surface area (Å²) in [5, 5.41) is 0.572. The van der Waals surface area contributed by atoms with Crippen LogP contribution < -0.4 is 5.43 Å². The summed E-state index contributed by atoms with van der Waals surface area (Å²) < 4.78 is 0. The van der Waals surface area contributed by atoms with Crippen LogP contribution in [-0.2, 0) is 0 Å². The summed E-state index contributed by atoms with van der Waals surface area (Å²) in [6.45, 7) is 3.32. The number of Topliss-reactive ketones (excluding diaryl/α,β-unsaturated/α-hetero) is 1. The van der Waals surface area contributed by atoms with E-state index in [2.05, 4.69) is 4.98 Å². The number of rotatable bonds is 1. The smallest absolute Gasteiger partial charge is 0.200 e. The molecule has 0 aliphatic carbocycles. The number of aryl methyl sites for hydroxylation is 1. The van der Waals surface area contributed by atoms with Crippen LogP contribution in [0.3, 0.4) is 0 Å². The van der Waals surface area contributed by atoms with Gasteiger partial charge in [-0.2, -0.15) is 0 Å². The molecule has 1 aromatic carbocycles. The Bertz CT molecular complexity index is 596. The Kier molecular flexibility index (Phi) is 2.15. The molecule has 1 heterocycles. The molecular weight excluding hydrogens is 190 g/mol. The molecule has 0 spiro atoms. The summed E-state index contributed by atoms with van der Waals surface area (Å²) in [6, 6.07) is 5.47. The molecule has 0 aliphatic rings. The highest BCUT2D eigenvalue weighted by molar-refractivity contribution is 5.97. The number of nitrogens with one attached hydrogen (secondary N) is 1. The third-order valence-electron chi connectivity index (χ3n) is 2.50. The third kappa shape index (κ3) is 1.46. The Labute approximate surface area is 86.8 Å². The topological polar surface area (TPSA) is 49.9 Å². The molecule has 2 aromatic rings. The van der Waals surface area contributed by atoms with E-state index >= 15 is 0 Å². The highest BCUT2D eigenvalue weighted by Crippen LogP contribution is 2.12. The lowest BCUT2D eigenvalue weighted by Gasteiger charge is -2.02. The number of pyridine rings is 1. The van der Waals surface area contributed by atoms with Crippen LogP contribution >= 0.6 is 0 Å². The van der Waals surface area contributed by atoms with Gasteiger partial charge in [0.25, 0.3) is 0 Å². The summed E-state index contributed by atoms with van der Waals surface area (Å²) in [7, 11) is 0. The van der Waals surface area contributed by atoms with Gasteiger partial charge >= 0.3 is 0 Å². The quantitative estimate of drug-likeness (QED) is 0.718. The predicted molar refractivity (Wildman–Crippen MR) is 59.3 cm³/mol. The van der Waals surface area contributed by atoms with Crippen molar-refractivity contribution in [1.29, 1.82) is 0 Å². The molecule has 15 heavy (non-hydrogen) atoms. The number of hydrogen-bond acceptors (Lipinski definition) is 2. The fourth-order valence-electron chi connectivity index (χ4n) is 1.67. The van der Waals surface area contributed by atoms with Crippen LogP contribution in [0.25, 0.3) is 10.9 Å². The maximum Gasteiger partial charge on any atom is 0.200 e. The molecule has 0 unspecified atom stereocenters. The van der Waals surface area contributed by atoms with Gasteiger partial charge in [0.15, 0.2) is 11.2 Å². The van der Waals surface area contributed by atoms with Gasteiger partial charge in [-0.1, -0.05) is 12.1 Å². The Balaban J connectivity index is 2.92. The van der Waals surface area contributed by atoms with E-state index in [9.17, 15) is 9.59 Å². The van der Waals surface area contributed by atoms with Crippen LogP contribution in [0.4, 0.5) is 0 Å². The van der Waals surface area contributed by atoms with E-state index in [0.29, 0.717) is 5.39 Å². The normalized spacial score (nSPS) is 10.5. The van der Waals surface area contributed by atoms with Gasteiger partial charge in [0.1, 0.15) is 0 Å². The van der Waals surface area contributed by atoms with E-state index in [4.69, 9.17) is 0 Å². The minimum atomic E-state index is -0.209. The van der Waals surface area contributed by atoms with E-state index in [-0.39, 0.29) is 16.8 Å². The van der Waals surface area contributed by atoms with Crippen LogP contribution in [0.15, 0.2) is 29.2 Å². The van der Waals surface area contributed by atoms with Gasteiger partial charge in [-0.25, -0.2) is 0 Å². The zero-order chi connectivity index (χ0) is 11.0. The molecule has 76 valence electrons. The van der Waals surface area contributed by atoms with Gasteiger partial charge in [-0.3, -0.25) is 9.59 Å². The van der Waals surface area contributed by atoms with Crippen molar-refractivity contribution in [2.45, 2.75) is 13.8 Å². The van der Waals surface area contributed by atoms with E-state index in [0.717, 1.165) is 11.1 Å². The summed E-state index contributed by atoms with van der Waals surface area (Å²) >= 11 is 0. The molecular formula is C12H11NO2. The molecule has 0 radical (unpaired) electrons. The number of carbonyl (C=O) groups excluding carboxylic acids is 1. The second kappa shape index (κ2) is 3.35. The van der Waals surface area contributed by atoms with Gasteiger partial charge in [0.2, 0.25) is 0 Å². The van der Waals surface area contributed by atoms with Crippen molar-refractivity contribution in [2.75, 3.05) is 0 Å². The lowest BCUT2D eigenvalue weighted by Crippen LogP contribution is -2.13. The van der Waals surface area contributed by atoms with Crippen LogP contribution in [0.2, 0.25) is 0 Å². The molecule has 1 N–H and O–H groups in total. The van der Waals surface area contributed by atoms with E-state index in [1.807, 2.05) is 19.1 Å². The number of fused-ring (bicyclic) bond motifs is 1. The second-order valence-electron chi connectivity index (χ2n) is 3.59. The largest absolute Gasteiger partial charge is 0.360 e. The SMILES string of the molecule is CC(=O)c1c[nH]c2c(C)cccc2c1=O. The number of ketones is 1. The van der Waals surface area contributed by atoms with Gasteiger partial charge in [0.05, 0.1) is 11.1 Å². The first-order valence-electron chi connectivity index (χ1n) is 4.73. The second-order valence-corrected chi connectivity index (χ2v) is 3.59. The fraction of sp³-hybridized carbons (Fsp3) is 0.167. The molecule has 0 bridgehead atoms. The lowest BCUT2D eigenvalue weighted by molar-refractivity contribution is 0.101. The molecule has 3 nitrogen and oxygen atoms in total. The molecule has 0 saturated carbocycles. The van der Waals surface area contributed by atoms with Crippen LogP contribution in [0.1, 0.15) is 22.8 Å². The van der Waals surface area contributed by atoms with E-state index in [1.54, 1.807) is 6.07 Å². The number of aromatic nitrogens is 1. The molecule has 0 aliphatic heterocycles. The standard InChI is InChI=1S/C12H11NO2/c1-7-4-3-5-9-11(7)13-6-10(8(2)14)12(9)15/h3-6H,1-2H3,(H,13,15). The highest BCUT2D eigenvalue weighted by Gasteiger charge is 2.09. The van der Waals surface area contributed by atoms with Crippen molar-refractivity contribution < 1.29 is 4.79 Å². The Morgan fingerprint density at radius 2 is 2.07 bits per heavy atom. The van der Waals surface area contributed by atoms with E-state index < -0.39 is 0 Å². The van der Waals surface area contributed by atoms with Crippen LogP contribution in [0, 0.1) is 6.92 Å². The van der Waals surface area contributed by atoms with Crippen LogP contribution in [0.5, 0.6) is 0 Å². The number of H-pyrrole nitrogens is 1. The Morgan fingerprint density at radius 1 is 1.33 bits per heavy atom. The van der Waals surface area contributed by atoms with Crippen molar-refractivity contribution >= 4 is 16.7 Å². The first-order chi connectivity index (χ1) is 7.11. The molecule has 0 atom stereocenters. The highest BCUT2D eigenvalue weighted by atomic mass is 16.1. The molecule has 0 saturated heterocycles. The number of aromatic amines is 1. The molecule has 1 aromatic heterocycles. The lowest BCUT2D eigenvalue weighted by atomic mass is 10.1. The monoisotopic (exact) mass is 201 g/mol. The fourth-order valence-corrected chi connectivity index (χ4v) is 1.67. The first-order valence-corrected chi connectivity index (χ1v) is 4.73. The van der Waals surface area contributed by atoms with Gasteiger partial charge in [-0.05, 0) is 25.5 Å². The molecule has 0 fully saturated rings. The minimum absolute atomic E-state index is 0.194. The number of benzene rings is 1. The van der Waals surface area contributed by atoms with Gasteiger partial charge in [0, 0.05) is 11.6 Å². The maximum atomic E-state index is 11.9. The maximum absolute atomic E-state index is 11.9. The first kappa shape index (κ1) is 9.65. The minimum Gasteiger partial charge on any atom is -0.360 e. The van der Waals surface area contributed by atoms with Crippen molar-refractivity contribution in [2.24, 2.45) is 0 Å². The van der Waals surface area contributed by atoms with E-state index in [1.165, 1.54) is 13.1 Å². The summed E-state index contributed by atoms with van der Waals surface area (Å²) in [5.74, 6) is -0.209. The number of hydrogen-bond donors (Lipinski definition) is 1. The van der Waals surface area contributed by atoms with Gasteiger partial charge in [-0.15, -0.1) is 0 Å². The average molecular weight is 201 g/mol. The number of para-hydroxylation sites is 1. The average Bonchev–Trinajstić information content (AvgIpc) is 2.19. The van der Waals surface area contributed by atoms with Gasteiger partial charge < -0.3 is 4.98 Å². The zero-order valence-electron chi connectivity index (χ0n) is 8.63. The summed E-state index contributed by atoms with van der Waals surface area (Å²) in [5.41, 5.74) is 1.82. The molecule has 3 heteroatoms. The van der Waals surface area contributed by atoms with Crippen molar-refractivity contribution in [3.05, 3.63) is 45.7 Å². The van der Waals surface area contributed by atoms with Crippen molar-refractivity contribution in [3.63, 3.8) is 0 Å². The summed E-state index contributed by atoms with van der Waals surface area (Å²) in [6.07, 6.45) is 1.49. The Hall–Kier alpha value is -1.90. The predicted octanol–water partition coefficient (Wildman–Crippen LogP) is 2.04. The Morgan fingerprint density at radius 3 is 2.73 bits per heavy atom. The van der Waals surface area contributed by atoms with Crippen molar-refractivity contribution in [3.8, 4) is 0 Å². The zero-order valence-corrected chi connectivity index (χ0v) is 8.63. The summed E-state index contributed by atoms with van der Waals surface area (Å²) in [4.78, 5) is 26.0. The third-order valence-corrected chi connectivity index (χ3v) is 2.50.